The van der Waals surface area contributed by atoms with Crippen molar-refractivity contribution in [2.45, 2.75) is 6.54 Å². The number of thiocarbonyl (C=S) groups is 1. The van der Waals surface area contributed by atoms with Crippen LogP contribution < -0.4 is 20.1 Å². The van der Waals surface area contributed by atoms with E-state index in [1.54, 1.807) is 6.07 Å². The number of phenols is 1. The van der Waals surface area contributed by atoms with E-state index < -0.39 is 0 Å². The van der Waals surface area contributed by atoms with Gasteiger partial charge >= 0.3 is 0 Å². The lowest BCUT2D eigenvalue weighted by molar-refractivity contribution is 0.174. The Morgan fingerprint density at radius 2 is 1.80 bits per heavy atom. The number of anilines is 1. The number of phenolic OH excluding ortho intramolecular Hbond substituents is 1. The zero-order valence-electron chi connectivity index (χ0n) is 13.3. The van der Waals surface area contributed by atoms with Gasteiger partial charge in [0.15, 0.2) is 16.6 Å². The SMILES string of the molecule is Oc1cccc2c(NC(=S)NCc3ccc4c(c3)OCO4)cccc12. The molecule has 4 rings (SSSR count). The monoisotopic (exact) mass is 352 g/mol. The Balaban J connectivity index is 1.45. The van der Waals surface area contributed by atoms with Crippen LogP contribution in [-0.4, -0.2) is 17.0 Å². The van der Waals surface area contributed by atoms with Crippen LogP contribution in [0.2, 0.25) is 0 Å². The molecule has 1 aliphatic heterocycles. The highest BCUT2D eigenvalue weighted by molar-refractivity contribution is 7.80. The summed E-state index contributed by atoms with van der Waals surface area (Å²) >= 11 is 5.39. The number of benzene rings is 3. The Morgan fingerprint density at radius 3 is 2.72 bits per heavy atom. The molecule has 0 saturated carbocycles. The molecule has 0 bridgehead atoms. The lowest BCUT2D eigenvalue weighted by Gasteiger charge is -2.13. The van der Waals surface area contributed by atoms with Gasteiger partial charge in [0.05, 0.1) is 0 Å². The molecule has 1 heterocycles. The molecule has 0 amide bonds. The minimum absolute atomic E-state index is 0.250. The van der Waals surface area contributed by atoms with Crippen molar-refractivity contribution >= 4 is 33.8 Å². The number of hydrogen-bond acceptors (Lipinski definition) is 4. The second kappa shape index (κ2) is 6.49. The van der Waals surface area contributed by atoms with Gasteiger partial charge in [-0.1, -0.05) is 30.3 Å². The number of nitrogens with one attached hydrogen (secondary N) is 2. The molecule has 0 spiro atoms. The molecule has 0 aliphatic carbocycles. The molecule has 6 heteroatoms. The molecule has 0 aromatic heterocycles. The summed E-state index contributed by atoms with van der Waals surface area (Å²) < 4.78 is 10.7. The second-order valence-corrected chi connectivity index (χ2v) is 6.08. The van der Waals surface area contributed by atoms with Gasteiger partial charge in [-0.25, -0.2) is 0 Å². The highest BCUT2D eigenvalue weighted by Gasteiger charge is 2.13. The molecule has 0 atom stereocenters. The maximum Gasteiger partial charge on any atom is 0.231 e. The zero-order valence-corrected chi connectivity index (χ0v) is 14.1. The highest BCUT2D eigenvalue weighted by atomic mass is 32.1. The van der Waals surface area contributed by atoms with E-state index in [-0.39, 0.29) is 12.5 Å². The summed E-state index contributed by atoms with van der Waals surface area (Å²) in [5.74, 6) is 1.77. The van der Waals surface area contributed by atoms with Crippen molar-refractivity contribution in [3.8, 4) is 17.2 Å². The van der Waals surface area contributed by atoms with Crippen LogP contribution in [0.15, 0.2) is 54.6 Å². The summed E-state index contributed by atoms with van der Waals surface area (Å²) in [6, 6.07) is 16.9. The third-order valence-corrected chi connectivity index (χ3v) is 4.28. The van der Waals surface area contributed by atoms with E-state index in [9.17, 15) is 5.11 Å². The largest absolute Gasteiger partial charge is 0.507 e. The molecule has 126 valence electrons. The normalized spacial score (nSPS) is 12.2. The van der Waals surface area contributed by atoms with Crippen molar-refractivity contribution in [1.82, 2.24) is 5.32 Å². The molecule has 0 saturated heterocycles. The Labute approximate surface area is 150 Å². The quantitative estimate of drug-likeness (QED) is 0.624. The van der Waals surface area contributed by atoms with Crippen molar-refractivity contribution in [2.75, 3.05) is 12.1 Å². The summed E-state index contributed by atoms with van der Waals surface area (Å²) in [7, 11) is 0. The molecule has 25 heavy (non-hydrogen) atoms. The van der Waals surface area contributed by atoms with Crippen molar-refractivity contribution < 1.29 is 14.6 Å². The summed E-state index contributed by atoms with van der Waals surface area (Å²) in [6.45, 7) is 0.832. The van der Waals surface area contributed by atoms with E-state index in [1.165, 1.54) is 0 Å². The maximum atomic E-state index is 9.96. The minimum atomic E-state index is 0.250. The van der Waals surface area contributed by atoms with Crippen LogP contribution in [0.4, 0.5) is 5.69 Å². The first kappa shape index (κ1) is 15.5. The van der Waals surface area contributed by atoms with Crippen LogP contribution >= 0.6 is 12.2 Å². The van der Waals surface area contributed by atoms with Crippen LogP contribution in [0.3, 0.4) is 0 Å². The third-order valence-electron chi connectivity index (χ3n) is 4.04. The smallest absolute Gasteiger partial charge is 0.231 e. The van der Waals surface area contributed by atoms with E-state index in [1.807, 2.05) is 48.5 Å². The van der Waals surface area contributed by atoms with Crippen LogP contribution in [0.25, 0.3) is 10.8 Å². The van der Waals surface area contributed by atoms with Gasteiger partial charge in [-0.2, -0.15) is 0 Å². The predicted octanol–water partition coefficient (Wildman–Crippen LogP) is 3.76. The fourth-order valence-corrected chi connectivity index (χ4v) is 2.98. The van der Waals surface area contributed by atoms with Gasteiger partial charge in [0.25, 0.3) is 0 Å². The first-order valence-corrected chi connectivity index (χ1v) is 8.25. The van der Waals surface area contributed by atoms with Gasteiger partial charge in [0.1, 0.15) is 5.75 Å². The first-order valence-electron chi connectivity index (χ1n) is 7.85. The van der Waals surface area contributed by atoms with E-state index in [0.29, 0.717) is 11.7 Å². The number of aromatic hydroxyl groups is 1. The number of ether oxygens (including phenoxy) is 2. The molecular formula is C19H16N2O3S. The molecule has 3 aromatic carbocycles. The van der Waals surface area contributed by atoms with E-state index >= 15 is 0 Å². The van der Waals surface area contributed by atoms with Crippen molar-refractivity contribution in [1.29, 1.82) is 0 Å². The van der Waals surface area contributed by atoms with Gasteiger partial charge in [-0.3, -0.25) is 0 Å². The third kappa shape index (κ3) is 3.16. The maximum absolute atomic E-state index is 9.96. The number of fused-ring (bicyclic) bond motifs is 2. The number of rotatable bonds is 3. The summed E-state index contributed by atoms with van der Waals surface area (Å²) in [4.78, 5) is 0. The van der Waals surface area contributed by atoms with Gasteiger partial charge in [0, 0.05) is 23.0 Å². The van der Waals surface area contributed by atoms with Crippen molar-refractivity contribution in [3.05, 3.63) is 60.2 Å². The van der Waals surface area contributed by atoms with Crippen molar-refractivity contribution in [2.24, 2.45) is 0 Å². The van der Waals surface area contributed by atoms with Crippen LogP contribution in [0.5, 0.6) is 17.2 Å². The van der Waals surface area contributed by atoms with Crippen LogP contribution in [0.1, 0.15) is 5.56 Å². The fourth-order valence-electron chi connectivity index (χ4n) is 2.80. The number of hydrogen-bond donors (Lipinski definition) is 3. The molecule has 3 N–H and O–H groups in total. The summed E-state index contributed by atoms with van der Waals surface area (Å²) in [6.07, 6.45) is 0. The van der Waals surface area contributed by atoms with Crippen LogP contribution in [-0.2, 0) is 6.54 Å². The van der Waals surface area contributed by atoms with E-state index in [0.717, 1.165) is 33.5 Å². The summed E-state index contributed by atoms with van der Waals surface area (Å²) in [5.41, 5.74) is 1.89. The molecular weight excluding hydrogens is 336 g/mol. The van der Waals surface area contributed by atoms with E-state index in [4.69, 9.17) is 21.7 Å². The molecule has 0 fully saturated rings. The highest BCUT2D eigenvalue weighted by Crippen LogP contribution is 2.32. The molecule has 1 aliphatic rings. The zero-order chi connectivity index (χ0) is 17.2. The lowest BCUT2D eigenvalue weighted by Crippen LogP contribution is -2.27. The van der Waals surface area contributed by atoms with Crippen LogP contribution in [0, 0.1) is 0 Å². The minimum Gasteiger partial charge on any atom is -0.507 e. The Morgan fingerprint density at radius 1 is 1.00 bits per heavy atom. The average molecular weight is 352 g/mol. The van der Waals surface area contributed by atoms with Gasteiger partial charge in [-0.15, -0.1) is 0 Å². The molecule has 5 nitrogen and oxygen atoms in total. The topological polar surface area (TPSA) is 62.8 Å². The lowest BCUT2D eigenvalue weighted by atomic mass is 10.1. The predicted molar refractivity (Wildman–Crippen MR) is 101 cm³/mol. The standard InChI is InChI=1S/C19H16N2O3S/c22-16-6-2-3-13-14(16)4-1-5-15(13)21-19(25)20-10-12-7-8-17-18(9-12)24-11-23-17/h1-9,22H,10-11H2,(H2,20,21,25). The molecule has 3 aromatic rings. The van der Waals surface area contributed by atoms with Gasteiger partial charge in [0.2, 0.25) is 6.79 Å². The van der Waals surface area contributed by atoms with Crippen molar-refractivity contribution in [3.63, 3.8) is 0 Å². The van der Waals surface area contributed by atoms with Gasteiger partial charge in [-0.05, 0) is 42.0 Å². The molecule has 0 unspecified atom stereocenters. The Hall–Kier alpha value is -2.99. The summed E-state index contributed by atoms with van der Waals surface area (Å²) in [5, 5.41) is 18.5. The molecule has 0 radical (unpaired) electrons. The Bertz CT molecular complexity index is 959. The second-order valence-electron chi connectivity index (χ2n) is 5.67. The average Bonchev–Trinajstić information content (AvgIpc) is 3.09. The van der Waals surface area contributed by atoms with Gasteiger partial charge < -0.3 is 25.2 Å². The first-order chi connectivity index (χ1) is 12.2. The fraction of sp³-hybridized carbons (Fsp3) is 0.105. The van der Waals surface area contributed by atoms with E-state index in [2.05, 4.69) is 10.6 Å². The Kier molecular flexibility index (Phi) is 4.03.